The highest BCUT2D eigenvalue weighted by atomic mass is 32.1. The van der Waals surface area contributed by atoms with Crippen LogP contribution in [-0.4, -0.2) is 23.7 Å². The van der Waals surface area contributed by atoms with E-state index >= 15 is 0 Å². The molecule has 0 saturated carbocycles. The van der Waals surface area contributed by atoms with Crippen LogP contribution in [0.3, 0.4) is 0 Å². The lowest BCUT2D eigenvalue weighted by atomic mass is 10.0. The van der Waals surface area contributed by atoms with E-state index in [2.05, 4.69) is 12.2 Å². The second-order valence-electron chi connectivity index (χ2n) is 4.25. The largest absolute Gasteiger partial charge is 0.392 e. The molecule has 0 bridgehead atoms. The first kappa shape index (κ1) is 14.2. The molecule has 1 aromatic heterocycles. The lowest BCUT2D eigenvalue weighted by Gasteiger charge is -2.17. The summed E-state index contributed by atoms with van der Waals surface area (Å²) in [5, 5.41) is 14.7. The average Bonchev–Trinajstić information content (AvgIpc) is 2.76. The topological polar surface area (TPSA) is 75.3 Å². The first-order chi connectivity index (χ1) is 8.04. The highest BCUT2D eigenvalue weighted by Crippen LogP contribution is 2.14. The van der Waals surface area contributed by atoms with Crippen LogP contribution < -0.4 is 11.1 Å². The molecule has 4 N–H and O–H groups in total. The van der Waals surface area contributed by atoms with Gasteiger partial charge in [-0.15, -0.1) is 11.3 Å². The van der Waals surface area contributed by atoms with E-state index in [0.717, 1.165) is 11.3 Å². The van der Waals surface area contributed by atoms with Gasteiger partial charge in [0.15, 0.2) is 0 Å². The molecule has 0 radical (unpaired) electrons. The highest BCUT2D eigenvalue weighted by molar-refractivity contribution is 7.10. The van der Waals surface area contributed by atoms with Crippen LogP contribution in [0.4, 0.5) is 0 Å². The Morgan fingerprint density at radius 3 is 2.88 bits per heavy atom. The fraction of sp³-hybridized carbons (Fsp3) is 0.583. The molecule has 1 amide bonds. The van der Waals surface area contributed by atoms with Crippen molar-refractivity contribution in [2.24, 2.45) is 11.7 Å². The van der Waals surface area contributed by atoms with Crippen LogP contribution >= 0.6 is 11.3 Å². The van der Waals surface area contributed by atoms with Gasteiger partial charge in [-0.2, -0.15) is 0 Å². The van der Waals surface area contributed by atoms with Crippen molar-refractivity contribution in [3.8, 4) is 0 Å². The van der Waals surface area contributed by atoms with Gasteiger partial charge in [-0.05, 0) is 12.0 Å². The molecule has 5 heteroatoms. The Hall–Kier alpha value is -0.910. The zero-order valence-corrected chi connectivity index (χ0v) is 11.1. The van der Waals surface area contributed by atoms with Crippen molar-refractivity contribution in [1.29, 1.82) is 0 Å². The van der Waals surface area contributed by atoms with Crippen molar-refractivity contribution in [3.63, 3.8) is 0 Å². The van der Waals surface area contributed by atoms with Gasteiger partial charge in [-0.3, -0.25) is 4.79 Å². The molecule has 0 fully saturated rings. The van der Waals surface area contributed by atoms with Crippen molar-refractivity contribution in [2.45, 2.75) is 32.9 Å². The number of hydrogen-bond donors (Lipinski definition) is 3. The summed E-state index contributed by atoms with van der Waals surface area (Å²) in [6, 6.07) is 1.79. The Kier molecular flexibility index (Phi) is 5.61. The Bertz CT molecular complexity index is 365. The number of thiophene rings is 1. The number of amides is 1. The van der Waals surface area contributed by atoms with Gasteiger partial charge in [-0.1, -0.05) is 20.3 Å². The summed E-state index contributed by atoms with van der Waals surface area (Å²) in [6.07, 6.45) is 0.642. The number of carbonyl (C=O) groups is 1. The van der Waals surface area contributed by atoms with E-state index in [1.165, 1.54) is 11.3 Å². The molecule has 2 atom stereocenters. The summed E-state index contributed by atoms with van der Waals surface area (Å²) in [7, 11) is 0. The van der Waals surface area contributed by atoms with Crippen molar-refractivity contribution >= 4 is 17.2 Å². The molecule has 0 aromatic carbocycles. The van der Waals surface area contributed by atoms with E-state index in [4.69, 9.17) is 5.73 Å². The molecular weight excluding hydrogens is 236 g/mol. The molecule has 1 aromatic rings. The molecule has 4 nitrogen and oxygen atoms in total. The van der Waals surface area contributed by atoms with Crippen LogP contribution in [0.25, 0.3) is 0 Å². The van der Waals surface area contributed by atoms with Crippen molar-refractivity contribution in [2.75, 3.05) is 6.54 Å². The van der Waals surface area contributed by atoms with Gasteiger partial charge in [0.25, 0.3) is 0 Å². The standard InChI is InChI=1S/C12H20N2O2S/c1-3-8(2)11(15)6-14-5-10-4-9(7-17-10)12(13)16/h4,7-8,11,14-15H,3,5-6H2,1-2H3,(H2,13,16). The van der Waals surface area contributed by atoms with Crippen LogP contribution in [0.1, 0.15) is 35.5 Å². The van der Waals surface area contributed by atoms with E-state index in [-0.39, 0.29) is 6.10 Å². The van der Waals surface area contributed by atoms with Gasteiger partial charge in [-0.25, -0.2) is 0 Å². The summed E-state index contributed by atoms with van der Waals surface area (Å²) in [5.41, 5.74) is 5.72. The minimum absolute atomic E-state index is 0.298. The van der Waals surface area contributed by atoms with E-state index in [1.54, 1.807) is 11.4 Å². The van der Waals surface area contributed by atoms with E-state index in [1.807, 2.05) is 6.92 Å². The second-order valence-corrected chi connectivity index (χ2v) is 5.25. The molecule has 0 aliphatic heterocycles. The van der Waals surface area contributed by atoms with Crippen molar-refractivity contribution in [1.82, 2.24) is 5.32 Å². The van der Waals surface area contributed by atoms with Gasteiger partial charge in [0.2, 0.25) is 5.91 Å². The maximum Gasteiger partial charge on any atom is 0.249 e. The molecule has 1 heterocycles. The quantitative estimate of drug-likeness (QED) is 0.689. The molecule has 17 heavy (non-hydrogen) atoms. The molecule has 1 rings (SSSR count). The van der Waals surface area contributed by atoms with Crippen LogP contribution in [-0.2, 0) is 6.54 Å². The predicted octanol–water partition coefficient (Wildman–Crippen LogP) is 1.34. The third kappa shape index (κ3) is 4.46. The second kappa shape index (κ2) is 6.74. The first-order valence-electron chi connectivity index (χ1n) is 5.80. The Morgan fingerprint density at radius 2 is 2.35 bits per heavy atom. The van der Waals surface area contributed by atoms with Gasteiger partial charge >= 0.3 is 0 Å². The zero-order chi connectivity index (χ0) is 12.8. The van der Waals surface area contributed by atoms with E-state index in [9.17, 15) is 9.90 Å². The molecule has 0 aliphatic rings. The first-order valence-corrected chi connectivity index (χ1v) is 6.68. The number of aliphatic hydroxyl groups excluding tert-OH is 1. The normalized spacial score (nSPS) is 14.5. The number of rotatable bonds is 7. The highest BCUT2D eigenvalue weighted by Gasteiger charge is 2.11. The Balaban J connectivity index is 2.33. The minimum atomic E-state index is -0.396. The van der Waals surface area contributed by atoms with E-state index in [0.29, 0.717) is 24.6 Å². The summed E-state index contributed by atoms with van der Waals surface area (Å²) >= 11 is 1.50. The molecule has 96 valence electrons. The van der Waals surface area contributed by atoms with Crippen molar-refractivity contribution in [3.05, 3.63) is 21.9 Å². The Labute approximate surface area is 106 Å². The third-order valence-electron chi connectivity index (χ3n) is 2.89. The molecular formula is C12H20N2O2S. The monoisotopic (exact) mass is 256 g/mol. The SMILES string of the molecule is CCC(C)C(O)CNCc1cc(C(N)=O)cs1. The number of nitrogens with two attached hydrogens (primary N) is 1. The summed E-state index contributed by atoms with van der Waals surface area (Å²) in [5.74, 6) is -0.0980. The van der Waals surface area contributed by atoms with Crippen LogP contribution in [0, 0.1) is 5.92 Å². The average molecular weight is 256 g/mol. The zero-order valence-electron chi connectivity index (χ0n) is 10.3. The maximum atomic E-state index is 10.9. The molecule has 0 spiro atoms. The minimum Gasteiger partial charge on any atom is -0.392 e. The fourth-order valence-corrected chi connectivity index (χ4v) is 2.26. The van der Waals surface area contributed by atoms with Crippen LogP contribution in [0.15, 0.2) is 11.4 Å². The van der Waals surface area contributed by atoms with Gasteiger partial charge < -0.3 is 16.2 Å². The maximum absolute atomic E-state index is 10.9. The summed E-state index contributed by atoms with van der Waals surface area (Å²) in [4.78, 5) is 11.9. The Morgan fingerprint density at radius 1 is 1.65 bits per heavy atom. The number of hydrogen-bond acceptors (Lipinski definition) is 4. The molecule has 0 aliphatic carbocycles. The van der Waals surface area contributed by atoms with Gasteiger partial charge in [0.05, 0.1) is 11.7 Å². The van der Waals surface area contributed by atoms with Crippen molar-refractivity contribution < 1.29 is 9.90 Å². The lowest BCUT2D eigenvalue weighted by Crippen LogP contribution is -2.30. The summed E-state index contributed by atoms with van der Waals surface area (Å²) in [6.45, 7) is 5.32. The van der Waals surface area contributed by atoms with Gasteiger partial charge in [0.1, 0.15) is 0 Å². The number of nitrogens with one attached hydrogen (secondary N) is 1. The molecule has 2 unspecified atom stereocenters. The van der Waals surface area contributed by atoms with Gasteiger partial charge in [0, 0.05) is 23.3 Å². The third-order valence-corrected chi connectivity index (χ3v) is 3.83. The van der Waals surface area contributed by atoms with E-state index < -0.39 is 5.91 Å². The number of primary amides is 1. The summed E-state index contributed by atoms with van der Waals surface area (Å²) < 4.78 is 0. The predicted molar refractivity (Wildman–Crippen MR) is 70.0 cm³/mol. The van der Waals surface area contributed by atoms with Crippen LogP contribution in [0.2, 0.25) is 0 Å². The fourth-order valence-electron chi connectivity index (χ4n) is 1.42. The molecule has 0 saturated heterocycles. The van der Waals surface area contributed by atoms with Crippen LogP contribution in [0.5, 0.6) is 0 Å². The smallest absolute Gasteiger partial charge is 0.249 e. The number of aliphatic hydroxyl groups is 1. The number of carbonyl (C=O) groups excluding carboxylic acids is 1. The lowest BCUT2D eigenvalue weighted by molar-refractivity contribution is 0.100.